The lowest BCUT2D eigenvalue weighted by atomic mass is 10.1. The summed E-state index contributed by atoms with van der Waals surface area (Å²) in [5.41, 5.74) is 1.19. The van der Waals surface area contributed by atoms with Gasteiger partial charge in [-0.25, -0.2) is 8.42 Å². The number of nitrogens with one attached hydrogen (secondary N) is 1. The maximum absolute atomic E-state index is 11.3. The Morgan fingerprint density at radius 2 is 2.00 bits per heavy atom. The Bertz CT molecular complexity index is 474. The summed E-state index contributed by atoms with van der Waals surface area (Å²) in [6, 6.07) is 8.26. The number of hydrogen-bond donors (Lipinski definition) is 1. The van der Waals surface area contributed by atoms with Crippen LogP contribution in [0, 0.1) is 0 Å². The molecule has 1 atom stereocenters. The lowest BCUT2D eigenvalue weighted by Crippen LogP contribution is -2.22. The van der Waals surface area contributed by atoms with Gasteiger partial charge in [-0.2, -0.15) is 0 Å². The highest BCUT2D eigenvalue weighted by molar-refractivity contribution is 9.10. The minimum absolute atomic E-state index is 0.213. The Morgan fingerprint density at radius 3 is 2.61 bits per heavy atom. The molecule has 18 heavy (non-hydrogen) atoms. The minimum Gasteiger partial charge on any atom is -0.310 e. The molecule has 0 fully saturated rings. The third kappa shape index (κ3) is 5.08. The quantitative estimate of drug-likeness (QED) is 0.780. The van der Waals surface area contributed by atoms with E-state index in [9.17, 15) is 8.42 Å². The second kappa shape index (κ2) is 7.26. The first-order valence-electron chi connectivity index (χ1n) is 6.14. The zero-order valence-electron chi connectivity index (χ0n) is 10.8. The van der Waals surface area contributed by atoms with Gasteiger partial charge in [0.1, 0.15) is 9.84 Å². The van der Waals surface area contributed by atoms with Crippen LogP contribution in [0.1, 0.15) is 31.9 Å². The first-order valence-corrected chi connectivity index (χ1v) is 8.76. The molecular formula is C13H20BrNO2S. The Labute approximate surface area is 118 Å². The summed E-state index contributed by atoms with van der Waals surface area (Å²) >= 11 is 3.51. The summed E-state index contributed by atoms with van der Waals surface area (Å²) in [5.74, 6) is 0.492. The molecule has 3 nitrogen and oxygen atoms in total. The fraction of sp³-hybridized carbons (Fsp3) is 0.538. The Kier molecular flexibility index (Phi) is 6.32. The molecule has 1 aromatic rings. The molecule has 1 N–H and O–H groups in total. The van der Waals surface area contributed by atoms with E-state index in [0.717, 1.165) is 4.47 Å². The van der Waals surface area contributed by atoms with E-state index in [1.807, 2.05) is 18.2 Å². The average molecular weight is 334 g/mol. The molecular weight excluding hydrogens is 314 g/mol. The Balaban J connectivity index is 2.39. The standard InChI is InChI=1S/C13H20BrNO2S/c1-3-18(16,17)10-6-9-15-11(2)12-7-4-5-8-13(12)14/h4-5,7-8,11,15H,3,6,9-10H2,1-2H3/t11-/m1/s1. The van der Waals surface area contributed by atoms with Crippen LogP contribution in [0.3, 0.4) is 0 Å². The molecule has 0 aliphatic rings. The van der Waals surface area contributed by atoms with Crippen molar-refractivity contribution >= 4 is 25.8 Å². The number of benzene rings is 1. The molecule has 0 bridgehead atoms. The molecule has 0 saturated heterocycles. The maximum Gasteiger partial charge on any atom is 0.150 e. The zero-order chi connectivity index (χ0) is 13.6. The molecule has 0 aromatic heterocycles. The van der Waals surface area contributed by atoms with Crippen molar-refractivity contribution < 1.29 is 8.42 Å². The van der Waals surface area contributed by atoms with Crippen LogP contribution in [0.2, 0.25) is 0 Å². The van der Waals surface area contributed by atoms with E-state index in [1.54, 1.807) is 6.92 Å². The van der Waals surface area contributed by atoms with Crippen LogP contribution in [0.15, 0.2) is 28.7 Å². The van der Waals surface area contributed by atoms with Crippen molar-refractivity contribution in [2.75, 3.05) is 18.1 Å². The zero-order valence-corrected chi connectivity index (χ0v) is 13.2. The van der Waals surface area contributed by atoms with Crippen LogP contribution in [0.4, 0.5) is 0 Å². The van der Waals surface area contributed by atoms with Crippen molar-refractivity contribution in [2.24, 2.45) is 0 Å². The lowest BCUT2D eigenvalue weighted by molar-refractivity contribution is 0.559. The molecule has 0 saturated carbocycles. The largest absolute Gasteiger partial charge is 0.310 e. The minimum atomic E-state index is -2.84. The van der Waals surface area contributed by atoms with Crippen LogP contribution < -0.4 is 5.32 Å². The molecule has 0 spiro atoms. The molecule has 0 aliphatic heterocycles. The van der Waals surface area contributed by atoms with Crippen LogP contribution in [-0.2, 0) is 9.84 Å². The van der Waals surface area contributed by atoms with Crippen molar-refractivity contribution in [3.8, 4) is 0 Å². The summed E-state index contributed by atoms with van der Waals surface area (Å²) in [7, 11) is -2.84. The van der Waals surface area contributed by atoms with Gasteiger partial charge in [0.25, 0.3) is 0 Å². The molecule has 0 unspecified atom stereocenters. The van der Waals surface area contributed by atoms with Gasteiger partial charge < -0.3 is 5.32 Å². The molecule has 1 rings (SSSR count). The number of sulfone groups is 1. The molecule has 0 amide bonds. The van der Waals surface area contributed by atoms with E-state index >= 15 is 0 Å². The van der Waals surface area contributed by atoms with Gasteiger partial charge in [-0.3, -0.25) is 0 Å². The molecule has 5 heteroatoms. The smallest absolute Gasteiger partial charge is 0.150 e. The van der Waals surface area contributed by atoms with Gasteiger partial charge in [0.2, 0.25) is 0 Å². The summed E-state index contributed by atoms with van der Waals surface area (Å²) in [4.78, 5) is 0. The molecule has 0 radical (unpaired) electrons. The summed E-state index contributed by atoms with van der Waals surface area (Å²) in [6.07, 6.45) is 0.658. The third-order valence-corrected chi connectivity index (χ3v) is 5.41. The Morgan fingerprint density at radius 1 is 1.33 bits per heavy atom. The topological polar surface area (TPSA) is 46.2 Å². The van der Waals surface area contributed by atoms with E-state index in [0.29, 0.717) is 13.0 Å². The van der Waals surface area contributed by atoms with Crippen molar-refractivity contribution in [3.05, 3.63) is 34.3 Å². The first kappa shape index (κ1) is 15.7. The highest BCUT2D eigenvalue weighted by Gasteiger charge is 2.09. The van der Waals surface area contributed by atoms with Gasteiger partial charge >= 0.3 is 0 Å². The monoisotopic (exact) mass is 333 g/mol. The average Bonchev–Trinajstić information content (AvgIpc) is 2.35. The third-order valence-electron chi connectivity index (χ3n) is 2.89. The van der Waals surface area contributed by atoms with Gasteiger partial charge in [0, 0.05) is 16.3 Å². The van der Waals surface area contributed by atoms with Crippen molar-refractivity contribution in [2.45, 2.75) is 26.3 Å². The van der Waals surface area contributed by atoms with Crippen LogP contribution in [0.5, 0.6) is 0 Å². The molecule has 0 aliphatic carbocycles. The van der Waals surface area contributed by atoms with E-state index in [-0.39, 0.29) is 17.5 Å². The maximum atomic E-state index is 11.3. The van der Waals surface area contributed by atoms with E-state index in [1.165, 1.54) is 5.56 Å². The predicted octanol–water partition coefficient (Wildman–Crippen LogP) is 2.92. The van der Waals surface area contributed by atoms with Crippen molar-refractivity contribution in [1.82, 2.24) is 5.32 Å². The van der Waals surface area contributed by atoms with E-state index in [4.69, 9.17) is 0 Å². The second-order valence-electron chi connectivity index (χ2n) is 4.29. The number of hydrogen-bond acceptors (Lipinski definition) is 3. The summed E-state index contributed by atoms with van der Waals surface area (Å²) in [6.45, 7) is 4.47. The number of rotatable bonds is 7. The Hall–Kier alpha value is -0.390. The van der Waals surface area contributed by atoms with Gasteiger partial charge in [0.05, 0.1) is 5.75 Å². The fourth-order valence-electron chi connectivity index (χ4n) is 1.69. The normalized spacial score (nSPS) is 13.5. The number of halogens is 1. The highest BCUT2D eigenvalue weighted by Crippen LogP contribution is 2.22. The van der Waals surface area contributed by atoms with E-state index < -0.39 is 9.84 Å². The highest BCUT2D eigenvalue weighted by atomic mass is 79.9. The van der Waals surface area contributed by atoms with Gasteiger partial charge in [-0.1, -0.05) is 41.1 Å². The lowest BCUT2D eigenvalue weighted by Gasteiger charge is -2.15. The van der Waals surface area contributed by atoms with Crippen LogP contribution >= 0.6 is 15.9 Å². The predicted molar refractivity (Wildman–Crippen MR) is 79.5 cm³/mol. The first-order chi connectivity index (χ1) is 8.46. The summed E-state index contributed by atoms with van der Waals surface area (Å²) < 4.78 is 23.7. The van der Waals surface area contributed by atoms with Gasteiger partial charge in [-0.15, -0.1) is 0 Å². The summed E-state index contributed by atoms with van der Waals surface area (Å²) in [5, 5.41) is 3.34. The van der Waals surface area contributed by atoms with Crippen LogP contribution in [-0.4, -0.2) is 26.5 Å². The second-order valence-corrected chi connectivity index (χ2v) is 7.61. The SMILES string of the molecule is CCS(=O)(=O)CCCN[C@H](C)c1ccccc1Br. The molecule has 102 valence electrons. The van der Waals surface area contributed by atoms with Gasteiger partial charge in [0.15, 0.2) is 0 Å². The van der Waals surface area contributed by atoms with Crippen LogP contribution in [0.25, 0.3) is 0 Å². The van der Waals surface area contributed by atoms with Crippen molar-refractivity contribution in [1.29, 1.82) is 0 Å². The molecule has 0 heterocycles. The van der Waals surface area contributed by atoms with E-state index in [2.05, 4.69) is 34.2 Å². The molecule has 1 aromatic carbocycles. The fourth-order valence-corrected chi connectivity index (χ4v) is 3.19. The van der Waals surface area contributed by atoms with Gasteiger partial charge in [-0.05, 0) is 31.5 Å². The van der Waals surface area contributed by atoms with Crippen molar-refractivity contribution in [3.63, 3.8) is 0 Å².